The van der Waals surface area contributed by atoms with Gasteiger partial charge >= 0.3 is 5.97 Å². The Labute approximate surface area is 123 Å². The summed E-state index contributed by atoms with van der Waals surface area (Å²) in [5.41, 5.74) is 1.14. The van der Waals surface area contributed by atoms with Crippen LogP contribution in [0.2, 0.25) is 0 Å². The molecule has 4 nitrogen and oxygen atoms in total. The number of carbonyl (C=O) groups is 2. The normalized spacial score (nSPS) is 18.9. The lowest BCUT2D eigenvalue weighted by Gasteiger charge is -2.32. The SMILES string of the molecule is Cc1ccccc1SCC(=O)N1CCCCC1C(=O)O. The zero-order chi connectivity index (χ0) is 14.5. The number of carboxylic acid groups (broad SMARTS) is 1. The second-order valence-electron chi connectivity index (χ2n) is 4.99. The Morgan fingerprint density at radius 2 is 2.10 bits per heavy atom. The number of likely N-dealkylation sites (tertiary alicyclic amines) is 1. The summed E-state index contributed by atoms with van der Waals surface area (Å²) in [7, 11) is 0. The zero-order valence-corrected chi connectivity index (χ0v) is 12.4. The highest BCUT2D eigenvalue weighted by molar-refractivity contribution is 8.00. The molecule has 0 radical (unpaired) electrons. The van der Waals surface area contributed by atoms with Crippen LogP contribution in [0, 0.1) is 6.92 Å². The third-order valence-electron chi connectivity index (χ3n) is 3.55. The second-order valence-corrected chi connectivity index (χ2v) is 6.01. The summed E-state index contributed by atoms with van der Waals surface area (Å²) >= 11 is 1.48. The van der Waals surface area contributed by atoms with Crippen molar-refractivity contribution in [2.24, 2.45) is 0 Å². The third-order valence-corrected chi connectivity index (χ3v) is 4.71. The monoisotopic (exact) mass is 293 g/mol. The Bertz CT molecular complexity index is 504. The van der Waals surface area contributed by atoms with Crippen molar-refractivity contribution >= 4 is 23.6 Å². The molecule has 1 aromatic rings. The maximum absolute atomic E-state index is 12.2. The van der Waals surface area contributed by atoms with Crippen molar-refractivity contribution in [2.45, 2.75) is 37.1 Å². The fraction of sp³-hybridized carbons (Fsp3) is 0.467. The van der Waals surface area contributed by atoms with Gasteiger partial charge in [0.2, 0.25) is 5.91 Å². The number of hydrogen-bond donors (Lipinski definition) is 1. The molecular weight excluding hydrogens is 274 g/mol. The van der Waals surface area contributed by atoms with E-state index in [1.165, 1.54) is 16.7 Å². The Kier molecular flexibility index (Phi) is 5.06. The van der Waals surface area contributed by atoms with Crippen molar-refractivity contribution < 1.29 is 14.7 Å². The summed E-state index contributed by atoms with van der Waals surface area (Å²) < 4.78 is 0. The molecule has 1 heterocycles. The average molecular weight is 293 g/mol. The summed E-state index contributed by atoms with van der Waals surface area (Å²) in [6.07, 6.45) is 2.34. The smallest absolute Gasteiger partial charge is 0.326 e. The van der Waals surface area contributed by atoms with Gasteiger partial charge in [-0.2, -0.15) is 0 Å². The Morgan fingerprint density at radius 3 is 2.80 bits per heavy atom. The van der Waals surface area contributed by atoms with Crippen molar-refractivity contribution in [3.63, 3.8) is 0 Å². The van der Waals surface area contributed by atoms with Crippen molar-refractivity contribution in [3.8, 4) is 0 Å². The number of thioether (sulfide) groups is 1. The molecule has 1 aliphatic heterocycles. The first kappa shape index (κ1) is 14.9. The molecule has 1 saturated heterocycles. The Balaban J connectivity index is 1.97. The molecule has 2 rings (SSSR count). The number of piperidine rings is 1. The van der Waals surface area contributed by atoms with E-state index in [-0.39, 0.29) is 5.91 Å². The Hall–Kier alpha value is -1.49. The third kappa shape index (κ3) is 3.54. The molecule has 20 heavy (non-hydrogen) atoms. The van der Waals surface area contributed by atoms with Crippen LogP contribution in [0.5, 0.6) is 0 Å². The highest BCUT2D eigenvalue weighted by Crippen LogP contribution is 2.24. The predicted molar refractivity (Wildman–Crippen MR) is 78.9 cm³/mol. The lowest BCUT2D eigenvalue weighted by Crippen LogP contribution is -2.48. The number of aliphatic carboxylic acids is 1. The standard InChI is InChI=1S/C15H19NO3S/c1-11-6-2-3-8-13(11)20-10-14(17)16-9-5-4-7-12(16)15(18)19/h2-3,6,8,12H,4-5,7,9-10H2,1H3,(H,18,19). The van der Waals surface area contributed by atoms with Crippen molar-refractivity contribution in [3.05, 3.63) is 29.8 Å². The van der Waals surface area contributed by atoms with Crippen LogP contribution in [0.3, 0.4) is 0 Å². The van der Waals surface area contributed by atoms with Crippen molar-refractivity contribution in [1.82, 2.24) is 4.90 Å². The maximum Gasteiger partial charge on any atom is 0.326 e. The number of carbonyl (C=O) groups excluding carboxylic acids is 1. The number of benzene rings is 1. The fourth-order valence-corrected chi connectivity index (χ4v) is 3.34. The fourth-order valence-electron chi connectivity index (χ4n) is 2.43. The number of rotatable bonds is 4. The van der Waals surface area contributed by atoms with E-state index in [1.54, 1.807) is 0 Å². The highest BCUT2D eigenvalue weighted by Gasteiger charge is 2.31. The van der Waals surface area contributed by atoms with E-state index in [1.807, 2.05) is 31.2 Å². The van der Waals surface area contributed by atoms with Crippen LogP contribution in [0.15, 0.2) is 29.2 Å². The summed E-state index contributed by atoms with van der Waals surface area (Å²) in [6, 6.07) is 7.26. The molecule has 1 aromatic carbocycles. The molecule has 0 saturated carbocycles. The molecule has 0 aliphatic carbocycles. The first-order valence-corrected chi connectivity index (χ1v) is 7.79. The first-order chi connectivity index (χ1) is 9.59. The summed E-state index contributed by atoms with van der Waals surface area (Å²) in [4.78, 5) is 26.0. The molecule has 1 N–H and O–H groups in total. The number of carboxylic acids is 1. The minimum Gasteiger partial charge on any atom is -0.480 e. The summed E-state index contributed by atoms with van der Waals surface area (Å²) in [5, 5.41) is 9.19. The molecule has 1 unspecified atom stereocenters. The van der Waals surface area contributed by atoms with Gasteiger partial charge in [0, 0.05) is 11.4 Å². The quantitative estimate of drug-likeness (QED) is 0.867. The van der Waals surface area contributed by atoms with E-state index in [0.717, 1.165) is 23.3 Å². The van der Waals surface area contributed by atoms with Gasteiger partial charge in [0.05, 0.1) is 5.75 Å². The summed E-state index contributed by atoms with van der Waals surface area (Å²) in [5.74, 6) is -0.668. The molecule has 0 spiro atoms. The average Bonchev–Trinajstić information content (AvgIpc) is 2.46. The molecule has 1 amide bonds. The van der Waals surface area contributed by atoms with Crippen LogP contribution in [0.1, 0.15) is 24.8 Å². The van der Waals surface area contributed by atoms with Crippen LogP contribution in [-0.2, 0) is 9.59 Å². The van der Waals surface area contributed by atoms with E-state index in [0.29, 0.717) is 18.7 Å². The maximum atomic E-state index is 12.2. The molecule has 0 aromatic heterocycles. The lowest BCUT2D eigenvalue weighted by molar-refractivity contribution is -0.150. The van der Waals surface area contributed by atoms with Gasteiger partial charge < -0.3 is 10.0 Å². The summed E-state index contributed by atoms with van der Waals surface area (Å²) in [6.45, 7) is 2.57. The van der Waals surface area contributed by atoms with Crippen LogP contribution >= 0.6 is 11.8 Å². The van der Waals surface area contributed by atoms with E-state index < -0.39 is 12.0 Å². The lowest BCUT2D eigenvalue weighted by atomic mass is 10.0. The van der Waals surface area contributed by atoms with Gasteiger partial charge in [0.1, 0.15) is 6.04 Å². The topological polar surface area (TPSA) is 57.6 Å². The number of amides is 1. The largest absolute Gasteiger partial charge is 0.480 e. The zero-order valence-electron chi connectivity index (χ0n) is 11.5. The molecule has 1 atom stereocenters. The van der Waals surface area contributed by atoms with Crippen molar-refractivity contribution in [2.75, 3.05) is 12.3 Å². The molecule has 108 valence electrons. The van der Waals surface area contributed by atoms with Gasteiger partial charge in [0.15, 0.2) is 0 Å². The van der Waals surface area contributed by atoms with Crippen molar-refractivity contribution in [1.29, 1.82) is 0 Å². The van der Waals surface area contributed by atoms with Gasteiger partial charge in [-0.05, 0) is 37.8 Å². The van der Waals surface area contributed by atoms with Gasteiger partial charge in [-0.3, -0.25) is 4.79 Å². The van der Waals surface area contributed by atoms with Gasteiger partial charge in [0.25, 0.3) is 0 Å². The molecule has 1 aliphatic rings. The van der Waals surface area contributed by atoms with Crippen LogP contribution in [0.25, 0.3) is 0 Å². The first-order valence-electron chi connectivity index (χ1n) is 6.80. The van der Waals surface area contributed by atoms with Gasteiger partial charge in [-0.15, -0.1) is 11.8 Å². The molecule has 1 fully saturated rings. The van der Waals surface area contributed by atoms with E-state index >= 15 is 0 Å². The van der Waals surface area contributed by atoms with Crippen LogP contribution in [-0.4, -0.2) is 40.2 Å². The molecule has 5 heteroatoms. The predicted octanol–water partition coefficient (Wildman–Crippen LogP) is 2.55. The molecule has 0 bridgehead atoms. The van der Waals surface area contributed by atoms with Gasteiger partial charge in [-0.25, -0.2) is 4.79 Å². The number of aryl methyl sites for hydroxylation is 1. The highest BCUT2D eigenvalue weighted by atomic mass is 32.2. The number of hydrogen-bond acceptors (Lipinski definition) is 3. The second kappa shape index (κ2) is 6.79. The minimum absolute atomic E-state index is 0.0784. The number of nitrogens with zero attached hydrogens (tertiary/aromatic N) is 1. The van der Waals surface area contributed by atoms with E-state index in [4.69, 9.17) is 0 Å². The molecular formula is C15H19NO3S. The Morgan fingerprint density at radius 1 is 1.35 bits per heavy atom. The minimum atomic E-state index is -0.890. The van der Waals surface area contributed by atoms with E-state index in [2.05, 4.69) is 0 Å². The van der Waals surface area contributed by atoms with Gasteiger partial charge in [-0.1, -0.05) is 18.2 Å². The van der Waals surface area contributed by atoms with E-state index in [9.17, 15) is 14.7 Å². The van der Waals surface area contributed by atoms with Crippen LogP contribution in [0.4, 0.5) is 0 Å². The van der Waals surface area contributed by atoms with Crippen LogP contribution < -0.4 is 0 Å².